The molecule has 6 aliphatic carbocycles. The third kappa shape index (κ3) is 4.33. The number of Topliss-reactive ketones (excluding diaryl/α,β-unsaturated/α-hetero) is 1. The SMILES string of the molecule is C=C(C)[C@H]1C(=O)c2c3c(cc4c2[C@@H](O)C2C4=CC(C)(C)OC2(C)C)C2=C(C31)[C@@]1(C)C(CC[C@H]3[C@](C)(/C=C/CC(C)C(=O)NC)[C@@H](O)CC[C@@]31C)C2. The van der Waals surface area contributed by atoms with Crippen LogP contribution in [0.4, 0.5) is 0 Å². The Morgan fingerprint density at radius 1 is 1.08 bits per heavy atom. The van der Waals surface area contributed by atoms with Crippen molar-refractivity contribution >= 4 is 22.8 Å². The van der Waals surface area contributed by atoms with Crippen molar-refractivity contribution in [2.24, 2.45) is 45.8 Å². The lowest BCUT2D eigenvalue weighted by Gasteiger charge is -2.65. The van der Waals surface area contributed by atoms with E-state index in [1.165, 1.54) is 16.7 Å². The van der Waals surface area contributed by atoms with Gasteiger partial charge in [-0.05, 0) is 141 Å². The van der Waals surface area contributed by atoms with Gasteiger partial charge in [-0.2, -0.15) is 0 Å². The van der Waals surface area contributed by atoms with Gasteiger partial charge in [-0.15, -0.1) is 0 Å². The highest BCUT2D eigenvalue weighted by Crippen LogP contribution is 2.78. The summed E-state index contributed by atoms with van der Waals surface area (Å²) >= 11 is 0. The maximum absolute atomic E-state index is 14.9. The van der Waals surface area contributed by atoms with Crippen molar-refractivity contribution < 1.29 is 24.5 Å². The number of fused-ring (bicyclic) bond motifs is 10. The minimum Gasteiger partial charge on any atom is -0.392 e. The number of aliphatic hydroxyl groups excluding tert-OH is 2. The summed E-state index contributed by atoms with van der Waals surface area (Å²) in [5, 5.41) is 26.7. The number of carbonyl (C=O) groups excluding carboxylic acids is 2. The molecule has 1 aliphatic heterocycles. The summed E-state index contributed by atoms with van der Waals surface area (Å²) in [6.07, 6.45) is 10.7. The van der Waals surface area contributed by atoms with Gasteiger partial charge in [0.15, 0.2) is 5.78 Å². The molecule has 274 valence electrons. The first-order chi connectivity index (χ1) is 23.7. The number of nitrogens with one attached hydrogen (secondary N) is 1. The maximum Gasteiger partial charge on any atom is 0.222 e. The van der Waals surface area contributed by atoms with Crippen LogP contribution in [0.3, 0.4) is 0 Å². The van der Waals surface area contributed by atoms with E-state index in [0.29, 0.717) is 12.3 Å². The first kappa shape index (κ1) is 35.2. The van der Waals surface area contributed by atoms with E-state index in [0.717, 1.165) is 65.5 Å². The summed E-state index contributed by atoms with van der Waals surface area (Å²) in [7, 11) is 1.68. The normalized spacial score (nSPS) is 41.4. The van der Waals surface area contributed by atoms with Gasteiger partial charge in [0.25, 0.3) is 0 Å². The smallest absolute Gasteiger partial charge is 0.222 e. The van der Waals surface area contributed by atoms with Gasteiger partial charge in [0.2, 0.25) is 5.91 Å². The van der Waals surface area contributed by atoms with E-state index in [4.69, 9.17) is 4.74 Å². The number of allylic oxidation sites excluding steroid dienone is 4. The van der Waals surface area contributed by atoms with Crippen LogP contribution >= 0.6 is 0 Å². The van der Waals surface area contributed by atoms with Crippen LogP contribution in [-0.2, 0) is 9.53 Å². The lowest BCUT2D eigenvalue weighted by atomic mass is 9.39. The molecule has 8 rings (SSSR count). The molecule has 0 saturated heterocycles. The van der Waals surface area contributed by atoms with Gasteiger partial charge in [0.05, 0.1) is 29.3 Å². The lowest BCUT2D eigenvalue weighted by Crippen LogP contribution is -2.60. The average Bonchev–Trinajstić information content (AvgIpc) is 3.71. The zero-order chi connectivity index (χ0) is 37.0. The van der Waals surface area contributed by atoms with Gasteiger partial charge in [0.1, 0.15) is 0 Å². The summed E-state index contributed by atoms with van der Waals surface area (Å²) in [6, 6.07) is 2.36. The number of benzene rings is 1. The second-order valence-electron chi connectivity index (χ2n) is 19.3. The molecule has 11 atom stereocenters. The Hall–Kier alpha value is -2.80. The van der Waals surface area contributed by atoms with Gasteiger partial charge < -0.3 is 20.3 Å². The number of aliphatic hydroxyl groups is 2. The number of carbonyl (C=O) groups is 2. The van der Waals surface area contributed by atoms with Crippen LogP contribution in [-0.4, -0.2) is 46.3 Å². The van der Waals surface area contributed by atoms with E-state index in [1.807, 2.05) is 13.8 Å². The molecule has 2 fully saturated rings. The molecule has 4 unspecified atom stereocenters. The van der Waals surface area contributed by atoms with Crippen LogP contribution in [0, 0.1) is 45.8 Å². The van der Waals surface area contributed by atoms with Gasteiger partial charge >= 0.3 is 0 Å². The van der Waals surface area contributed by atoms with Gasteiger partial charge in [-0.1, -0.05) is 57.6 Å². The summed E-state index contributed by atoms with van der Waals surface area (Å²) in [5.41, 5.74) is 8.01. The number of ether oxygens (including phenoxy) is 1. The standard InChI is InChI=1S/C45H59NO5/c1-22(2)31-34-32-25(20-26-28-21-41(4,5)51-42(6,7)37(28)39(49)33(26)35(32)38(31)48)27-19-24-14-15-29-43(8,17-12-13-23(3)40(50)46-11)30(47)16-18-44(29,9)45(24,10)36(27)34/h12,17,20-21,23-24,29-31,34,37,39,47,49H,1,13-16,18-19H2,2-11H3,(H,46,50)/b17-12+/t23?,24?,29-,30-,31+,34?,37?,39+,43-,44-,45+/m0/s1. The van der Waals surface area contributed by atoms with Gasteiger partial charge in [0, 0.05) is 35.8 Å². The molecule has 0 aromatic heterocycles. The van der Waals surface area contributed by atoms with Crippen molar-refractivity contribution in [3.05, 3.63) is 69.8 Å². The van der Waals surface area contributed by atoms with Crippen LogP contribution in [0.5, 0.6) is 0 Å². The van der Waals surface area contributed by atoms with Crippen molar-refractivity contribution in [1.29, 1.82) is 0 Å². The van der Waals surface area contributed by atoms with Gasteiger partial charge in [-0.25, -0.2) is 0 Å². The highest BCUT2D eigenvalue weighted by atomic mass is 16.5. The Morgan fingerprint density at radius 2 is 1.78 bits per heavy atom. The van der Waals surface area contributed by atoms with Crippen molar-refractivity contribution in [3.8, 4) is 0 Å². The summed E-state index contributed by atoms with van der Waals surface area (Å²) in [5.74, 6) is 0.0326. The number of hydrogen-bond donors (Lipinski definition) is 3. The Morgan fingerprint density at radius 3 is 2.45 bits per heavy atom. The van der Waals surface area contributed by atoms with Crippen molar-refractivity contribution in [1.82, 2.24) is 5.32 Å². The van der Waals surface area contributed by atoms with Crippen molar-refractivity contribution in [3.63, 3.8) is 0 Å². The van der Waals surface area contributed by atoms with Crippen molar-refractivity contribution in [2.75, 3.05) is 7.05 Å². The highest BCUT2D eigenvalue weighted by Gasteiger charge is 2.70. The largest absolute Gasteiger partial charge is 0.392 e. The monoisotopic (exact) mass is 693 g/mol. The quantitative estimate of drug-likeness (QED) is 0.269. The zero-order valence-corrected chi connectivity index (χ0v) is 32.5. The molecule has 3 N–H and O–H groups in total. The molecule has 6 heteroatoms. The van der Waals surface area contributed by atoms with E-state index in [2.05, 4.69) is 84.7 Å². The van der Waals surface area contributed by atoms with Crippen LogP contribution in [0.2, 0.25) is 0 Å². The molecule has 6 nitrogen and oxygen atoms in total. The van der Waals surface area contributed by atoms with E-state index in [1.54, 1.807) is 7.05 Å². The topological polar surface area (TPSA) is 95.9 Å². The van der Waals surface area contributed by atoms with Gasteiger partial charge in [-0.3, -0.25) is 9.59 Å². The van der Waals surface area contributed by atoms with E-state index < -0.39 is 28.8 Å². The van der Waals surface area contributed by atoms with Crippen LogP contribution in [0.15, 0.2) is 42.0 Å². The number of hydrogen-bond acceptors (Lipinski definition) is 5. The first-order valence-electron chi connectivity index (χ1n) is 19.6. The minimum absolute atomic E-state index is 0.0326. The van der Waals surface area contributed by atoms with E-state index in [9.17, 15) is 19.8 Å². The second-order valence-corrected chi connectivity index (χ2v) is 19.3. The molecule has 1 amide bonds. The molecule has 0 bridgehead atoms. The van der Waals surface area contributed by atoms with Crippen LogP contribution < -0.4 is 5.32 Å². The zero-order valence-electron chi connectivity index (χ0n) is 32.5. The fourth-order valence-electron chi connectivity index (χ4n) is 13.6. The van der Waals surface area contributed by atoms with E-state index >= 15 is 0 Å². The Labute approximate surface area is 304 Å². The second kappa shape index (κ2) is 10.9. The summed E-state index contributed by atoms with van der Waals surface area (Å²) < 4.78 is 6.55. The fraction of sp³-hybridized carbons (Fsp3) is 0.644. The molecular weight excluding hydrogens is 634 g/mol. The molecule has 1 aromatic rings. The average molecular weight is 694 g/mol. The predicted octanol–water partition coefficient (Wildman–Crippen LogP) is 8.49. The van der Waals surface area contributed by atoms with Crippen molar-refractivity contribution in [2.45, 2.75) is 130 Å². The van der Waals surface area contributed by atoms with Crippen LogP contribution in [0.1, 0.15) is 145 Å². The maximum atomic E-state index is 14.9. The summed E-state index contributed by atoms with van der Waals surface area (Å²) in [4.78, 5) is 27.2. The molecule has 7 aliphatic rings. The predicted molar refractivity (Wildman–Crippen MR) is 202 cm³/mol. The molecule has 51 heavy (non-hydrogen) atoms. The molecule has 2 saturated carbocycles. The third-order valence-corrected chi connectivity index (χ3v) is 15.8. The third-order valence-electron chi connectivity index (χ3n) is 15.8. The summed E-state index contributed by atoms with van der Waals surface area (Å²) in [6.45, 7) is 24.0. The molecule has 1 aromatic carbocycles. The highest BCUT2D eigenvalue weighted by molar-refractivity contribution is 6.12. The molecule has 0 radical (unpaired) electrons. The molecule has 0 spiro atoms. The minimum atomic E-state index is -0.820. The number of ketones is 1. The number of rotatable bonds is 5. The van der Waals surface area contributed by atoms with Crippen LogP contribution in [0.25, 0.3) is 11.1 Å². The Balaban J connectivity index is 1.28. The first-order valence-corrected chi connectivity index (χ1v) is 19.6. The fourth-order valence-corrected chi connectivity index (χ4v) is 13.6. The lowest BCUT2D eigenvalue weighted by molar-refractivity contribution is -0.161. The number of amides is 1. The Kier molecular flexibility index (Phi) is 7.52. The Bertz CT molecular complexity index is 1880. The molecule has 1 heterocycles. The molecular formula is C45H59NO5. The van der Waals surface area contributed by atoms with E-state index in [-0.39, 0.29) is 52.1 Å².